The Morgan fingerprint density at radius 2 is 1.23 bits per heavy atom. The van der Waals surface area contributed by atoms with Crippen molar-refractivity contribution in [1.29, 1.82) is 0 Å². The van der Waals surface area contributed by atoms with Gasteiger partial charge >= 0.3 is 0 Å². The van der Waals surface area contributed by atoms with Gasteiger partial charge in [0.15, 0.2) is 0 Å². The summed E-state index contributed by atoms with van der Waals surface area (Å²) in [5, 5.41) is 1.49. The summed E-state index contributed by atoms with van der Waals surface area (Å²) in [6.07, 6.45) is 3.28. The van der Waals surface area contributed by atoms with E-state index in [4.69, 9.17) is 4.98 Å². The third-order valence-electron chi connectivity index (χ3n) is 7.99. The predicted molar refractivity (Wildman–Crippen MR) is 177 cm³/mol. The molecule has 1 heterocycles. The Kier molecular flexibility index (Phi) is 8.42. The lowest BCUT2D eigenvalue weighted by atomic mass is 9.34. The molecule has 0 aliphatic rings. The van der Waals surface area contributed by atoms with Crippen LogP contribution in [0.3, 0.4) is 0 Å². The number of aromatic nitrogens is 1. The smallest absolute Gasteiger partial charge is 0.242 e. The monoisotopic (exact) mass is 531 g/mol. The Balaban J connectivity index is 1.94. The maximum atomic E-state index is 5.06. The summed E-state index contributed by atoms with van der Waals surface area (Å²) in [5.41, 5.74) is 16.0. The van der Waals surface area contributed by atoms with Crippen molar-refractivity contribution in [3.8, 4) is 11.3 Å². The summed E-state index contributed by atoms with van der Waals surface area (Å²) in [4.78, 5) is 5.06. The maximum absolute atomic E-state index is 5.06. The van der Waals surface area contributed by atoms with E-state index in [1.165, 1.54) is 66.1 Å². The highest BCUT2D eigenvalue weighted by atomic mass is 28.3. The Morgan fingerprint density at radius 1 is 0.718 bits per heavy atom. The van der Waals surface area contributed by atoms with E-state index in [0.717, 1.165) is 12.1 Å². The lowest BCUT2D eigenvalue weighted by Crippen LogP contribution is -2.55. The quantitative estimate of drug-likeness (QED) is 0.238. The number of pyridine rings is 1. The first-order valence-corrected chi connectivity index (χ1v) is 18.0. The summed E-state index contributed by atoms with van der Waals surface area (Å²) in [6.45, 7) is 25.6. The van der Waals surface area contributed by atoms with Crippen molar-refractivity contribution in [3.63, 3.8) is 0 Å². The first kappa shape index (κ1) is 29.1. The summed E-state index contributed by atoms with van der Waals surface area (Å²) in [6, 6.07) is 20.9. The minimum Gasteiger partial charge on any atom is -0.256 e. The average Bonchev–Trinajstić information content (AvgIpc) is 2.81. The molecule has 0 unspecified atom stereocenters. The minimum atomic E-state index is -1.48. The van der Waals surface area contributed by atoms with Crippen LogP contribution in [0, 0.1) is 47.5 Å². The molecule has 4 rings (SSSR count). The fourth-order valence-electron chi connectivity index (χ4n) is 6.59. The van der Waals surface area contributed by atoms with Crippen LogP contribution in [0.5, 0.6) is 0 Å². The zero-order chi connectivity index (χ0) is 28.6. The van der Waals surface area contributed by atoms with E-state index in [2.05, 4.69) is 136 Å². The lowest BCUT2D eigenvalue weighted by Gasteiger charge is -2.25. The second-order valence-corrected chi connectivity index (χ2v) is 18.3. The van der Waals surface area contributed by atoms with Gasteiger partial charge in [-0.25, -0.2) is 0 Å². The van der Waals surface area contributed by atoms with Crippen LogP contribution in [0.4, 0.5) is 0 Å². The molecule has 39 heavy (non-hydrogen) atoms. The van der Waals surface area contributed by atoms with E-state index in [0.29, 0.717) is 5.92 Å². The molecular weight excluding hydrogens is 485 g/mol. The molecule has 0 bridgehead atoms. The van der Waals surface area contributed by atoms with Gasteiger partial charge in [-0.1, -0.05) is 132 Å². The molecule has 0 amide bonds. The van der Waals surface area contributed by atoms with Gasteiger partial charge in [0.2, 0.25) is 6.71 Å². The largest absolute Gasteiger partial charge is 0.256 e. The molecule has 1 aromatic heterocycles. The molecule has 202 valence electrons. The first-order valence-electron chi connectivity index (χ1n) is 14.5. The van der Waals surface area contributed by atoms with Crippen molar-refractivity contribution in [2.45, 2.75) is 81.5 Å². The third-order valence-corrected chi connectivity index (χ3v) is 10.1. The average molecular weight is 532 g/mol. The van der Waals surface area contributed by atoms with Gasteiger partial charge in [0.25, 0.3) is 0 Å². The van der Waals surface area contributed by atoms with Crippen LogP contribution >= 0.6 is 0 Å². The van der Waals surface area contributed by atoms with Crippen molar-refractivity contribution in [3.05, 3.63) is 99.7 Å². The second-order valence-electron chi connectivity index (χ2n) is 13.3. The Labute approximate surface area is 239 Å². The molecule has 3 aromatic carbocycles. The molecule has 0 saturated heterocycles. The van der Waals surface area contributed by atoms with E-state index in [9.17, 15) is 0 Å². The van der Waals surface area contributed by atoms with Crippen molar-refractivity contribution >= 4 is 36.4 Å². The number of aryl methyl sites for hydroxylation is 6. The molecular formula is C36H46BNSi. The topological polar surface area (TPSA) is 12.9 Å². The zero-order valence-corrected chi connectivity index (χ0v) is 27.1. The number of rotatable bonds is 7. The molecule has 0 aliphatic carbocycles. The molecule has 0 saturated carbocycles. The van der Waals surface area contributed by atoms with Crippen LogP contribution < -0.4 is 21.6 Å². The standard InChI is InChI=1S/C36H46BNSi/c1-23(2)15-31-21-33(38-22-34(31)39(9,10)11)30-13-12-14-32(20-30)37(35-26(5)16-24(3)17-27(35)6)36-28(7)18-25(4)19-29(36)8/h12-14,16-23H,15H2,1-11H3. The first-order chi connectivity index (χ1) is 18.3. The number of nitrogens with zero attached hydrogens (tertiary/aromatic N) is 1. The minimum absolute atomic E-state index is 0.169. The molecule has 0 radical (unpaired) electrons. The molecule has 1 nitrogen and oxygen atoms in total. The van der Waals surface area contributed by atoms with E-state index < -0.39 is 8.07 Å². The molecule has 4 aromatic rings. The molecule has 0 aliphatic heterocycles. The third kappa shape index (κ3) is 6.30. The fraction of sp³-hybridized carbons (Fsp3) is 0.361. The second kappa shape index (κ2) is 11.3. The molecule has 0 spiro atoms. The fourth-order valence-corrected chi connectivity index (χ4v) is 8.18. The molecule has 0 atom stereocenters. The highest BCUT2D eigenvalue weighted by Crippen LogP contribution is 2.21. The van der Waals surface area contributed by atoms with Crippen LogP contribution in [-0.4, -0.2) is 19.8 Å². The van der Waals surface area contributed by atoms with Crippen LogP contribution in [0.1, 0.15) is 52.8 Å². The van der Waals surface area contributed by atoms with E-state index >= 15 is 0 Å². The highest BCUT2D eigenvalue weighted by Gasteiger charge is 2.29. The maximum Gasteiger partial charge on any atom is 0.242 e. The lowest BCUT2D eigenvalue weighted by molar-refractivity contribution is 0.649. The van der Waals surface area contributed by atoms with Gasteiger partial charge in [0.05, 0.1) is 13.8 Å². The van der Waals surface area contributed by atoms with Gasteiger partial charge in [-0.2, -0.15) is 0 Å². The van der Waals surface area contributed by atoms with Crippen molar-refractivity contribution in [2.24, 2.45) is 5.92 Å². The molecule has 0 fully saturated rings. The van der Waals surface area contributed by atoms with Gasteiger partial charge in [-0.15, -0.1) is 0 Å². The van der Waals surface area contributed by atoms with Crippen LogP contribution in [0.25, 0.3) is 11.3 Å². The van der Waals surface area contributed by atoms with E-state index in [-0.39, 0.29) is 6.71 Å². The summed E-state index contributed by atoms with van der Waals surface area (Å²) < 4.78 is 0. The zero-order valence-electron chi connectivity index (χ0n) is 26.1. The van der Waals surface area contributed by atoms with Gasteiger partial charge in [0.1, 0.15) is 0 Å². The molecule has 3 heteroatoms. The summed E-state index contributed by atoms with van der Waals surface area (Å²) in [5.74, 6) is 0.617. The van der Waals surface area contributed by atoms with Crippen LogP contribution in [0.2, 0.25) is 19.6 Å². The van der Waals surface area contributed by atoms with Gasteiger partial charge in [-0.05, 0) is 76.3 Å². The SMILES string of the molecule is Cc1cc(C)c(B(c2cccc(-c3cc(CC(C)C)c([Si](C)(C)C)cn3)c2)c2c(C)cc(C)cc2C)c(C)c1. The summed E-state index contributed by atoms with van der Waals surface area (Å²) >= 11 is 0. The summed E-state index contributed by atoms with van der Waals surface area (Å²) in [7, 11) is -1.48. The van der Waals surface area contributed by atoms with Gasteiger partial charge in [0, 0.05) is 6.20 Å². The Morgan fingerprint density at radius 3 is 1.69 bits per heavy atom. The molecule has 0 N–H and O–H groups in total. The van der Waals surface area contributed by atoms with E-state index in [1.807, 2.05) is 0 Å². The van der Waals surface area contributed by atoms with E-state index in [1.54, 1.807) is 0 Å². The Hall–Kier alpha value is -2.91. The van der Waals surface area contributed by atoms with Crippen molar-refractivity contribution < 1.29 is 0 Å². The van der Waals surface area contributed by atoms with Gasteiger partial charge in [-0.3, -0.25) is 4.98 Å². The normalized spacial score (nSPS) is 11.8. The number of benzene rings is 3. The highest BCUT2D eigenvalue weighted by molar-refractivity contribution is 6.96. The van der Waals surface area contributed by atoms with Crippen LogP contribution in [0.15, 0.2) is 60.8 Å². The van der Waals surface area contributed by atoms with Crippen LogP contribution in [-0.2, 0) is 6.42 Å². The number of hydrogen-bond donors (Lipinski definition) is 0. The predicted octanol–water partition coefficient (Wildman–Crippen LogP) is 6.86. The number of hydrogen-bond acceptors (Lipinski definition) is 1. The van der Waals surface area contributed by atoms with Crippen molar-refractivity contribution in [2.75, 3.05) is 0 Å². The Bertz CT molecular complexity index is 1410. The van der Waals surface area contributed by atoms with Crippen molar-refractivity contribution in [1.82, 2.24) is 4.98 Å². The van der Waals surface area contributed by atoms with Gasteiger partial charge < -0.3 is 0 Å².